The molecule has 1 fully saturated rings. The molecule has 0 unspecified atom stereocenters. The SMILES string of the molecule is CCCN(CCC)S(=O)(=O)Nc1ccc2oc(C)c(C3CCN(CC)CC3)c2c1. The summed E-state index contributed by atoms with van der Waals surface area (Å²) >= 11 is 0. The number of anilines is 1. The van der Waals surface area contributed by atoms with Crippen LogP contribution in [0.25, 0.3) is 11.0 Å². The second kappa shape index (κ2) is 9.49. The maximum absolute atomic E-state index is 12.9. The highest BCUT2D eigenvalue weighted by atomic mass is 32.2. The standard InChI is InChI=1S/C22H35N3O3S/c1-5-12-25(13-6-2)29(26,27)23-19-8-9-21-20(16-19)22(17(4)28-21)18-10-14-24(7-3)15-11-18/h8-9,16,18,23H,5-7,10-15H2,1-4H3. The lowest BCUT2D eigenvalue weighted by atomic mass is 9.87. The molecule has 0 saturated carbocycles. The molecule has 1 aliphatic heterocycles. The van der Waals surface area contributed by atoms with Gasteiger partial charge in [0.05, 0.1) is 5.69 Å². The Kier molecular flexibility index (Phi) is 7.24. The minimum atomic E-state index is -3.56. The Labute approximate surface area is 175 Å². The van der Waals surface area contributed by atoms with Crippen LogP contribution in [-0.2, 0) is 10.2 Å². The average molecular weight is 422 g/mol. The molecule has 2 aromatic rings. The number of hydrogen-bond donors (Lipinski definition) is 1. The summed E-state index contributed by atoms with van der Waals surface area (Å²) in [4.78, 5) is 2.48. The Bertz CT molecular complexity index is 909. The van der Waals surface area contributed by atoms with Gasteiger partial charge in [-0.2, -0.15) is 12.7 Å². The summed E-state index contributed by atoms with van der Waals surface area (Å²) in [6, 6.07) is 5.62. The molecule has 0 radical (unpaired) electrons. The molecule has 0 atom stereocenters. The van der Waals surface area contributed by atoms with Gasteiger partial charge in [-0.3, -0.25) is 4.72 Å². The molecule has 0 spiro atoms. The second-order valence-electron chi connectivity index (χ2n) is 8.00. The zero-order valence-corrected chi connectivity index (χ0v) is 19.0. The highest BCUT2D eigenvalue weighted by Gasteiger charge is 2.26. The van der Waals surface area contributed by atoms with Crippen molar-refractivity contribution in [1.82, 2.24) is 9.21 Å². The van der Waals surface area contributed by atoms with Crippen LogP contribution in [0.3, 0.4) is 0 Å². The van der Waals surface area contributed by atoms with Gasteiger partial charge in [-0.15, -0.1) is 0 Å². The number of likely N-dealkylation sites (tertiary alicyclic amines) is 1. The maximum Gasteiger partial charge on any atom is 0.301 e. The molecule has 1 aromatic heterocycles. The average Bonchev–Trinajstić information content (AvgIpc) is 3.02. The Hall–Kier alpha value is -1.57. The lowest BCUT2D eigenvalue weighted by Crippen LogP contribution is -2.37. The van der Waals surface area contributed by atoms with Crippen LogP contribution in [0.4, 0.5) is 5.69 Å². The Morgan fingerprint density at radius 3 is 2.38 bits per heavy atom. The highest BCUT2D eigenvalue weighted by molar-refractivity contribution is 7.90. The van der Waals surface area contributed by atoms with Gasteiger partial charge in [-0.25, -0.2) is 0 Å². The number of furan rings is 1. The minimum absolute atomic E-state index is 0.461. The second-order valence-corrected chi connectivity index (χ2v) is 9.67. The van der Waals surface area contributed by atoms with Crippen molar-refractivity contribution in [2.24, 2.45) is 0 Å². The van der Waals surface area contributed by atoms with Crippen LogP contribution in [-0.4, -0.2) is 50.3 Å². The third kappa shape index (κ3) is 4.95. The molecule has 2 heterocycles. The van der Waals surface area contributed by atoms with E-state index in [4.69, 9.17) is 4.42 Å². The molecule has 0 aliphatic carbocycles. The molecule has 0 amide bonds. The van der Waals surface area contributed by atoms with Crippen molar-refractivity contribution in [2.75, 3.05) is 37.4 Å². The normalized spacial score (nSPS) is 16.7. The van der Waals surface area contributed by atoms with E-state index in [0.29, 0.717) is 24.7 Å². The first-order chi connectivity index (χ1) is 13.9. The van der Waals surface area contributed by atoms with Gasteiger partial charge in [0.15, 0.2) is 0 Å². The van der Waals surface area contributed by atoms with E-state index >= 15 is 0 Å². The van der Waals surface area contributed by atoms with Crippen molar-refractivity contribution < 1.29 is 12.8 Å². The number of fused-ring (bicyclic) bond motifs is 1. The first-order valence-corrected chi connectivity index (χ1v) is 12.4. The molecule has 1 saturated heterocycles. The number of piperidine rings is 1. The zero-order valence-electron chi connectivity index (χ0n) is 18.2. The molecule has 3 rings (SSSR count). The highest BCUT2D eigenvalue weighted by Crippen LogP contribution is 2.38. The third-order valence-electron chi connectivity index (χ3n) is 5.89. The van der Waals surface area contributed by atoms with E-state index in [9.17, 15) is 8.42 Å². The molecular formula is C22H35N3O3S. The zero-order chi connectivity index (χ0) is 21.0. The van der Waals surface area contributed by atoms with Gasteiger partial charge in [0.2, 0.25) is 0 Å². The number of rotatable bonds is 9. The summed E-state index contributed by atoms with van der Waals surface area (Å²) in [5.41, 5.74) is 2.68. The van der Waals surface area contributed by atoms with Gasteiger partial charge < -0.3 is 9.32 Å². The number of aryl methyl sites for hydroxylation is 1. The van der Waals surface area contributed by atoms with Crippen LogP contribution < -0.4 is 4.72 Å². The van der Waals surface area contributed by atoms with Gasteiger partial charge in [0.1, 0.15) is 11.3 Å². The van der Waals surface area contributed by atoms with Crippen LogP contribution in [0.1, 0.15) is 63.7 Å². The molecule has 29 heavy (non-hydrogen) atoms. The lowest BCUT2D eigenvalue weighted by molar-refractivity contribution is 0.222. The molecular weight excluding hydrogens is 386 g/mol. The molecule has 1 aromatic carbocycles. The molecule has 1 aliphatic rings. The van der Waals surface area contributed by atoms with Crippen LogP contribution in [0.2, 0.25) is 0 Å². The van der Waals surface area contributed by atoms with Crippen molar-refractivity contribution in [1.29, 1.82) is 0 Å². The Balaban J connectivity index is 1.88. The minimum Gasteiger partial charge on any atom is -0.461 e. The fourth-order valence-corrected chi connectivity index (χ4v) is 5.81. The van der Waals surface area contributed by atoms with Crippen molar-refractivity contribution in [3.8, 4) is 0 Å². The Morgan fingerprint density at radius 1 is 1.14 bits per heavy atom. The van der Waals surface area contributed by atoms with E-state index in [0.717, 1.165) is 62.0 Å². The van der Waals surface area contributed by atoms with Crippen LogP contribution in [0.5, 0.6) is 0 Å². The molecule has 162 valence electrons. The van der Waals surface area contributed by atoms with E-state index in [1.54, 1.807) is 6.07 Å². The fourth-order valence-electron chi connectivity index (χ4n) is 4.41. The van der Waals surface area contributed by atoms with Crippen LogP contribution in [0.15, 0.2) is 22.6 Å². The topological polar surface area (TPSA) is 65.8 Å². The van der Waals surface area contributed by atoms with Gasteiger partial charge in [0, 0.05) is 24.0 Å². The number of nitrogens with one attached hydrogen (secondary N) is 1. The van der Waals surface area contributed by atoms with E-state index in [1.165, 1.54) is 9.87 Å². The monoisotopic (exact) mass is 421 g/mol. The van der Waals surface area contributed by atoms with Gasteiger partial charge in [-0.1, -0.05) is 20.8 Å². The van der Waals surface area contributed by atoms with Crippen molar-refractivity contribution in [2.45, 2.75) is 59.3 Å². The maximum atomic E-state index is 12.9. The number of nitrogens with zero attached hydrogens (tertiary/aromatic N) is 2. The summed E-state index contributed by atoms with van der Waals surface area (Å²) in [6.07, 6.45) is 3.81. The molecule has 6 nitrogen and oxygen atoms in total. The first-order valence-electron chi connectivity index (χ1n) is 10.9. The molecule has 0 bridgehead atoms. The van der Waals surface area contributed by atoms with Crippen molar-refractivity contribution >= 4 is 26.9 Å². The summed E-state index contributed by atoms with van der Waals surface area (Å²) in [7, 11) is -3.56. The summed E-state index contributed by atoms with van der Waals surface area (Å²) in [5, 5.41) is 1.04. The van der Waals surface area contributed by atoms with Crippen molar-refractivity contribution in [3.63, 3.8) is 0 Å². The predicted octanol–water partition coefficient (Wildman–Crippen LogP) is 4.72. The smallest absolute Gasteiger partial charge is 0.301 e. The molecule has 7 heteroatoms. The third-order valence-corrected chi connectivity index (χ3v) is 7.43. The van der Waals surface area contributed by atoms with Crippen LogP contribution in [0, 0.1) is 6.92 Å². The first kappa shape index (κ1) is 22.1. The number of benzene rings is 1. The quantitative estimate of drug-likeness (QED) is 0.636. The van der Waals surface area contributed by atoms with E-state index in [2.05, 4.69) is 16.5 Å². The van der Waals surface area contributed by atoms with Gasteiger partial charge >= 0.3 is 10.2 Å². The van der Waals surface area contributed by atoms with Gasteiger partial charge in [0.25, 0.3) is 0 Å². The largest absolute Gasteiger partial charge is 0.461 e. The van der Waals surface area contributed by atoms with Gasteiger partial charge in [-0.05, 0) is 76.4 Å². The fraction of sp³-hybridized carbons (Fsp3) is 0.636. The summed E-state index contributed by atoms with van der Waals surface area (Å²) < 4.78 is 36.1. The van der Waals surface area contributed by atoms with Crippen LogP contribution >= 0.6 is 0 Å². The van der Waals surface area contributed by atoms with E-state index in [-0.39, 0.29) is 0 Å². The number of hydrogen-bond acceptors (Lipinski definition) is 4. The van der Waals surface area contributed by atoms with E-state index < -0.39 is 10.2 Å². The van der Waals surface area contributed by atoms with E-state index in [1.807, 2.05) is 32.9 Å². The van der Waals surface area contributed by atoms with Crippen molar-refractivity contribution in [3.05, 3.63) is 29.5 Å². The Morgan fingerprint density at radius 2 is 1.79 bits per heavy atom. The summed E-state index contributed by atoms with van der Waals surface area (Å²) in [6.45, 7) is 12.6. The predicted molar refractivity (Wildman–Crippen MR) is 120 cm³/mol. The lowest BCUT2D eigenvalue weighted by Gasteiger charge is -2.31. The summed E-state index contributed by atoms with van der Waals surface area (Å²) in [5.74, 6) is 1.41. The molecule has 1 N–H and O–H groups in total.